The Bertz CT molecular complexity index is 677. The van der Waals surface area contributed by atoms with E-state index in [4.69, 9.17) is 5.73 Å². The maximum absolute atomic E-state index is 12.8. The van der Waals surface area contributed by atoms with Crippen LogP contribution in [0.3, 0.4) is 0 Å². The molecule has 3 rings (SSSR count). The van der Waals surface area contributed by atoms with Crippen LogP contribution in [-0.2, 0) is 0 Å². The first-order chi connectivity index (χ1) is 11.1. The largest absolute Gasteiger partial charge is 0.333 e. The van der Waals surface area contributed by atoms with Crippen molar-refractivity contribution < 1.29 is 4.79 Å². The highest BCUT2D eigenvalue weighted by Gasteiger charge is 2.31. The van der Waals surface area contributed by atoms with E-state index >= 15 is 0 Å². The molecule has 1 fully saturated rings. The van der Waals surface area contributed by atoms with E-state index in [1.54, 1.807) is 10.9 Å². The van der Waals surface area contributed by atoms with Gasteiger partial charge in [-0.15, -0.1) is 5.10 Å². The number of carbonyl (C=O) groups is 1. The van der Waals surface area contributed by atoms with E-state index in [0.717, 1.165) is 31.5 Å². The van der Waals surface area contributed by atoms with E-state index in [0.29, 0.717) is 5.69 Å². The molecular formula is C17H23N5O. The van der Waals surface area contributed by atoms with Gasteiger partial charge in [-0.3, -0.25) is 4.79 Å². The lowest BCUT2D eigenvalue weighted by Gasteiger charge is -2.37. The second kappa shape index (κ2) is 6.50. The minimum absolute atomic E-state index is 0.0357. The van der Waals surface area contributed by atoms with E-state index in [-0.39, 0.29) is 18.0 Å². The van der Waals surface area contributed by atoms with Crippen molar-refractivity contribution in [2.75, 3.05) is 6.54 Å². The summed E-state index contributed by atoms with van der Waals surface area (Å²) in [5.74, 6) is -0.0784. The van der Waals surface area contributed by atoms with E-state index in [9.17, 15) is 4.79 Å². The summed E-state index contributed by atoms with van der Waals surface area (Å²) < 4.78 is 1.64. The lowest BCUT2D eigenvalue weighted by atomic mass is 9.96. The molecule has 2 aromatic rings. The van der Waals surface area contributed by atoms with Crippen molar-refractivity contribution in [3.8, 4) is 5.69 Å². The number of likely N-dealkylation sites (tertiary alicyclic amines) is 1. The maximum Gasteiger partial charge on any atom is 0.276 e. The molecule has 1 aromatic heterocycles. The third kappa shape index (κ3) is 3.27. The molecule has 0 unspecified atom stereocenters. The molecule has 0 aliphatic carbocycles. The van der Waals surface area contributed by atoms with Gasteiger partial charge in [0.1, 0.15) is 0 Å². The second-order valence-electron chi connectivity index (χ2n) is 6.30. The summed E-state index contributed by atoms with van der Waals surface area (Å²) in [5.41, 5.74) is 8.49. The highest BCUT2D eigenvalue weighted by Crippen LogP contribution is 2.21. The van der Waals surface area contributed by atoms with Crippen LogP contribution in [0.1, 0.15) is 42.2 Å². The predicted octanol–water partition coefficient (Wildman–Crippen LogP) is 1.92. The molecule has 1 saturated heterocycles. The Morgan fingerprint density at radius 1 is 1.30 bits per heavy atom. The van der Waals surface area contributed by atoms with E-state index < -0.39 is 0 Å². The Hall–Kier alpha value is -2.21. The normalized spacial score (nSPS) is 19.6. The van der Waals surface area contributed by atoms with Crippen LogP contribution in [0.2, 0.25) is 0 Å². The fourth-order valence-corrected chi connectivity index (χ4v) is 3.09. The maximum atomic E-state index is 12.8. The Labute approximate surface area is 136 Å². The first kappa shape index (κ1) is 15.7. The topological polar surface area (TPSA) is 77.0 Å². The SMILES string of the molecule is Cc1ccc(-n2cc(C(=O)N3CCCC[C@H]3[C@H](C)N)nn2)cc1. The van der Waals surface area contributed by atoms with Crippen molar-refractivity contribution in [1.29, 1.82) is 0 Å². The molecule has 6 nitrogen and oxygen atoms in total. The van der Waals surface area contributed by atoms with Crippen LogP contribution in [0.25, 0.3) is 5.69 Å². The number of nitrogens with zero attached hydrogens (tertiary/aromatic N) is 4. The van der Waals surface area contributed by atoms with Crippen LogP contribution in [0.15, 0.2) is 30.5 Å². The number of carbonyl (C=O) groups excluding carboxylic acids is 1. The first-order valence-electron chi connectivity index (χ1n) is 8.12. The number of hydrogen-bond acceptors (Lipinski definition) is 4. The molecule has 6 heteroatoms. The van der Waals surface area contributed by atoms with Crippen LogP contribution in [0.5, 0.6) is 0 Å². The average Bonchev–Trinajstić information content (AvgIpc) is 3.04. The van der Waals surface area contributed by atoms with Crippen LogP contribution in [0, 0.1) is 6.92 Å². The molecular weight excluding hydrogens is 290 g/mol. The van der Waals surface area contributed by atoms with Gasteiger partial charge in [0.25, 0.3) is 5.91 Å². The van der Waals surface area contributed by atoms with Crippen molar-refractivity contribution in [1.82, 2.24) is 19.9 Å². The highest BCUT2D eigenvalue weighted by molar-refractivity contribution is 5.92. The Kier molecular flexibility index (Phi) is 4.43. The summed E-state index contributed by atoms with van der Waals surface area (Å²) in [7, 11) is 0. The smallest absolute Gasteiger partial charge is 0.276 e. The molecule has 122 valence electrons. The second-order valence-corrected chi connectivity index (χ2v) is 6.30. The van der Waals surface area contributed by atoms with Gasteiger partial charge in [-0.1, -0.05) is 22.9 Å². The van der Waals surface area contributed by atoms with E-state index in [1.807, 2.05) is 43.0 Å². The van der Waals surface area contributed by atoms with Crippen LogP contribution >= 0.6 is 0 Å². The number of piperidine rings is 1. The quantitative estimate of drug-likeness (QED) is 0.939. The van der Waals surface area contributed by atoms with Crippen molar-refractivity contribution in [3.05, 3.63) is 41.7 Å². The molecule has 1 amide bonds. The third-order valence-corrected chi connectivity index (χ3v) is 4.43. The summed E-state index contributed by atoms with van der Waals surface area (Å²) in [4.78, 5) is 14.6. The van der Waals surface area contributed by atoms with Crippen molar-refractivity contribution in [3.63, 3.8) is 0 Å². The molecule has 0 bridgehead atoms. The average molecular weight is 313 g/mol. The van der Waals surface area contributed by atoms with Gasteiger partial charge in [0.05, 0.1) is 11.9 Å². The number of amides is 1. The van der Waals surface area contributed by atoms with Gasteiger partial charge in [0, 0.05) is 18.6 Å². The molecule has 1 aliphatic heterocycles. The molecule has 1 aliphatic rings. The Morgan fingerprint density at radius 2 is 2.04 bits per heavy atom. The minimum Gasteiger partial charge on any atom is -0.333 e. The Morgan fingerprint density at radius 3 is 2.74 bits per heavy atom. The van der Waals surface area contributed by atoms with E-state index in [2.05, 4.69) is 10.3 Å². The number of aryl methyl sites for hydroxylation is 1. The summed E-state index contributed by atoms with van der Waals surface area (Å²) in [5, 5.41) is 8.15. The fraction of sp³-hybridized carbons (Fsp3) is 0.471. The number of rotatable bonds is 3. The lowest BCUT2D eigenvalue weighted by molar-refractivity contribution is 0.0577. The van der Waals surface area contributed by atoms with Crippen molar-refractivity contribution >= 4 is 5.91 Å². The van der Waals surface area contributed by atoms with Crippen LogP contribution in [0.4, 0.5) is 0 Å². The molecule has 2 heterocycles. The molecule has 2 N–H and O–H groups in total. The summed E-state index contributed by atoms with van der Waals surface area (Å²) >= 11 is 0. The standard InChI is InChI=1S/C17H23N5O/c1-12-6-8-14(9-7-12)22-11-15(19-20-22)17(23)21-10-4-3-5-16(21)13(2)18/h6-9,11,13,16H,3-5,10,18H2,1-2H3/t13-,16-/m0/s1. The van der Waals surface area contributed by atoms with Gasteiger partial charge in [0.2, 0.25) is 0 Å². The zero-order valence-electron chi connectivity index (χ0n) is 13.6. The number of aromatic nitrogens is 3. The van der Waals surface area contributed by atoms with Crippen LogP contribution < -0.4 is 5.73 Å². The summed E-state index contributed by atoms with van der Waals surface area (Å²) in [6.07, 6.45) is 4.78. The first-order valence-corrected chi connectivity index (χ1v) is 8.12. The van der Waals surface area contributed by atoms with Crippen LogP contribution in [-0.4, -0.2) is 44.4 Å². The summed E-state index contributed by atoms with van der Waals surface area (Å²) in [6, 6.07) is 7.99. The van der Waals surface area contributed by atoms with Gasteiger partial charge in [0.15, 0.2) is 5.69 Å². The van der Waals surface area contributed by atoms with Gasteiger partial charge in [-0.25, -0.2) is 4.68 Å². The zero-order chi connectivity index (χ0) is 16.4. The number of benzene rings is 1. The molecule has 23 heavy (non-hydrogen) atoms. The fourth-order valence-electron chi connectivity index (χ4n) is 3.09. The zero-order valence-corrected chi connectivity index (χ0v) is 13.6. The predicted molar refractivity (Wildman–Crippen MR) is 88.4 cm³/mol. The Balaban J connectivity index is 1.81. The van der Waals surface area contributed by atoms with Gasteiger partial charge >= 0.3 is 0 Å². The molecule has 0 spiro atoms. The third-order valence-electron chi connectivity index (χ3n) is 4.43. The highest BCUT2D eigenvalue weighted by atomic mass is 16.2. The lowest BCUT2D eigenvalue weighted by Crippen LogP contribution is -2.51. The summed E-state index contributed by atoms with van der Waals surface area (Å²) in [6.45, 7) is 4.73. The van der Waals surface area contributed by atoms with E-state index in [1.165, 1.54) is 5.56 Å². The van der Waals surface area contributed by atoms with Gasteiger partial charge in [-0.05, 0) is 45.2 Å². The monoisotopic (exact) mass is 313 g/mol. The van der Waals surface area contributed by atoms with Gasteiger partial charge in [-0.2, -0.15) is 0 Å². The number of hydrogen-bond donors (Lipinski definition) is 1. The molecule has 0 radical (unpaired) electrons. The minimum atomic E-state index is -0.0784. The van der Waals surface area contributed by atoms with Crippen molar-refractivity contribution in [2.24, 2.45) is 5.73 Å². The molecule has 0 saturated carbocycles. The molecule has 2 atom stereocenters. The van der Waals surface area contributed by atoms with Gasteiger partial charge < -0.3 is 10.6 Å². The van der Waals surface area contributed by atoms with Crippen molar-refractivity contribution in [2.45, 2.75) is 45.2 Å². The molecule has 1 aromatic carbocycles. The number of nitrogens with two attached hydrogens (primary N) is 1.